The maximum absolute atomic E-state index is 13.5. The van der Waals surface area contributed by atoms with Crippen molar-refractivity contribution in [3.63, 3.8) is 0 Å². The van der Waals surface area contributed by atoms with Crippen LogP contribution < -0.4 is 14.8 Å². The third-order valence-electron chi connectivity index (χ3n) is 6.38. The molecule has 1 aliphatic heterocycles. The minimum Gasteiger partial charge on any atom is -0.493 e. The molecule has 1 fully saturated rings. The molecule has 0 atom stereocenters. The van der Waals surface area contributed by atoms with Gasteiger partial charge in [-0.15, -0.1) is 11.5 Å². The molecule has 0 unspecified atom stereocenters. The Morgan fingerprint density at radius 2 is 1.62 bits per heavy atom. The summed E-state index contributed by atoms with van der Waals surface area (Å²) in [6.07, 6.45) is 4.49. The van der Waals surface area contributed by atoms with E-state index in [1.54, 1.807) is 0 Å². The predicted molar refractivity (Wildman–Crippen MR) is 163 cm³/mol. The number of carbonyl (C=O) groups excluding carboxylic acids is 1. The van der Waals surface area contributed by atoms with Crippen LogP contribution in [0.25, 0.3) is 0 Å². The van der Waals surface area contributed by atoms with Crippen molar-refractivity contribution in [3.05, 3.63) is 53.1 Å². The summed E-state index contributed by atoms with van der Waals surface area (Å²) in [6.45, 7) is 16.5. The Hall–Kier alpha value is -2.79. The second kappa shape index (κ2) is 15.7. The van der Waals surface area contributed by atoms with Gasteiger partial charge in [0.15, 0.2) is 0 Å². The second-order valence-electron chi connectivity index (χ2n) is 11.1. The Morgan fingerprint density at radius 1 is 0.974 bits per heavy atom. The summed E-state index contributed by atoms with van der Waals surface area (Å²) in [5.41, 5.74) is 6.84. The molecule has 6 nitrogen and oxygen atoms in total. The third kappa shape index (κ3) is 10.7. The Kier molecular flexibility index (Phi) is 12.4. The number of hydrogen-bond donors (Lipinski definition) is 1. The summed E-state index contributed by atoms with van der Waals surface area (Å²) >= 11 is 0. The standard InChI is InChI=1S/C32H46N2O4Si/c1-6-8-18-37-30-24-31(38-19-9-7-2)29(23-27(30)11-10-22-39(3,4)5)32(35)33-28-14-12-26(13-15-28)25-34-16-20-36-21-17-34/h12-15,23-24H,6-9,11,16-21,25H2,1-5H3,(H,33,35). The van der Waals surface area contributed by atoms with Gasteiger partial charge in [-0.1, -0.05) is 58.5 Å². The average molecular weight is 551 g/mol. The normalized spacial score (nSPS) is 13.9. The van der Waals surface area contributed by atoms with Crippen molar-refractivity contribution < 1.29 is 19.0 Å². The zero-order valence-corrected chi connectivity index (χ0v) is 25.5. The Bertz CT molecular complexity index is 1110. The topological polar surface area (TPSA) is 60.0 Å². The van der Waals surface area contributed by atoms with Gasteiger partial charge in [0, 0.05) is 43.4 Å². The molecule has 1 N–H and O–H groups in total. The minimum absolute atomic E-state index is 0.193. The fraction of sp³-hybridized carbons (Fsp3) is 0.531. The van der Waals surface area contributed by atoms with Gasteiger partial charge < -0.3 is 19.5 Å². The van der Waals surface area contributed by atoms with E-state index in [-0.39, 0.29) is 5.91 Å². The summed E-state index contributed by atoms with van der Waals surface area (Å²) in [6, 6.07) is 11.9. The first-order valence-corrected chi connectivity index (χ1v) is 17.9. The van der Waals surface area contributed by atoms with Crippen LogP contribution in [0, 0.1) is 11.5 Å². The fourth-order valence-electron chi connectivity index (χ4n) is 4.14. The molecule has 2 aromatic rings. The fourth-order valence-corrected chi connectivity index (χ4v) is 4.76. The first-order chi connectivity index (χ1) is 18.8. The highest BCUT2D eigenvalue weighted by Crippen LogP contribution is 2.31. The van der Waals surface area contributed by atoms with E-state index in [1.807, 2.05) is 24.3 Å². The molecule has 0 saturated carbocycles. The van der Waals surface area contributed by atoms with Crippen LogP contribution in [-0.4, -0.2) is 58.4 Å². The van der Waals surface area contributed by atoms with Crippen LogP contribution in [0.5, 0.6) is 11.5 Å². The second-order valence-corrected chi connectivity index (χ2v) is 15.9. The van der Waals surface area contributed by atoms with Crippen molar-refractivity contribution in [2.24, 2.45) is 0 Å². The van der Waals surface area contributed by atoms with E-state index in [2.05, 4.69) is 67.3 Å². The molecule has 3 rings (SSSR count). The van der Waals surface area contributed by atoms with E-state index in [9.17, 15) is 4.79 Å². The number of benzene rings is 2. The van der Waals surface area contributed by atoms with Gasteiger partial charge in [0.1, 0.15) is 19.6 Å². The molecule has 0 radical (unpaired) electrons. The van der Waals surface area contributed by atoms with Crippen LogP contribution in [0.4, 0.5) is 5.69 Å². The number of anilines is 1. The lowest BCUT2D eigenvalue weighted by Gasteiger charge is -2.26. The van der Waals surface area contributed by atoms with Crippen LogP contribution >= 0.6 is 0 Å². The lowest BCUT2D eigenvalue weighted by atomic mass is 10.0. The van der Waals surface area contributed by atoms with E-state index in [1.165, 1.54) is 5.56 Å². The lowest BCUT2D eigenvalue weighted by Crippen LogP contribution is -2.35. The lowest BCUT2D eigenvalue weighted by molar-refractivity contribution is 0.0342. The Balaban J connectivity index is 1.83. The van der Waals surface area contributed by atoms with Gasteiger partial charge in [-0.05, 0) is 36.6 Å². The highest BCUT2D eigenvalue weighted by Gasteiger charge is 2.19. The molecule has 2 aromatic carbocycles. The zero-order chi connectivity index (χ0) is 28.1. The number of nitrogens with zero attached hydrogens (tertiary/aromatic N) is 1. The van der Waals surface area contributed by atoms with E-state index in [0.29, 0.717) is 30.9 Å². The smallest absolute Gasteiger partial charge is 0.259 e. The minimum atomic E-state index is -1.51. The molecule has 1 aliphatic rings. The van der Waals surface area contributed by atoms with Crippen LogP contribution in [0.15, 0.2) is 36.4 Å². The third-order valence-corrected chi connectivity index (χ3v) is 7.31. The summed E-state index contributed by atoms with van der Waals surface area (Å²) in [5, 5.41) is 3.08. The number of morpholine rings is 1. The van der Waals surface area contributed by atoms with Crippen LogP contribution in [0.3, 0.4) is 0 Å². The largest absolute Gasteiger partial charge is 0.493 e. The quantitative estimate of drug-likeness (QED) is 0.174. The van der Waals surface area contributed by atoms with Gasteiger partial charge in [-0.2, -0.15) is 0 Å². The highest BCUT2D eigenvalue weighted by molar-refractivity contribution is 6.83. The average Bonchev–Trinajstić information content (AvgIpc) is 2.91. The summed E-state index contributed by atoms with van der Waals surface area (Å²) < 4.78 is 17.7. The van der Waals surface area contributed by atoms with Gasteiger partial charge in [-0.25, -0.2) is 0 Å². The highest BCUT2D eigenvalue weighted by atomic mass is 28.3. The molecular formula is C32H46N2O4Si. The number of carbonyl (C=O) groups is 1. The molecule has 1 saturated heterocycles. The first kappa shape index (κ1) is 30.7. The maximum Gasteiger partial charge on any atom is 0.259 e. The van der Waals surface area contributed by atoms with E-state index >= 15 is 0 Å². The molecular weight excluding hydrogens is 504 g/mol. The van der Waals surface area contributed by atoms with Crippen molar-refractivity contribution in [2.75, 3.05) is 44.8 Å². The van der Waals surface area contributed by atoms with Gasteiger partial charge in [0.05, 0.1) is 32.0 Å². The van der Waals surface area contributed by atoms with E-state index in [0.717, 1.165) is 75.5 Å². The molecule has 0 aromatic heterocycles. The molecule has 0 spiro atoms. The number of nitrogens with one attached hydrogen (secondary N) is 1. The SMILES string of the molecule is CCCCOc1cc(OCCCC)c(C(=O)Nc2ccc(CN3CCOCC3)cc2)cc1CC#C[Si](C)(C)C. The van der Waals surface area contributed by atoms with Crippen molar-refractivity contribution in [3.8, 4) is 23.0 Å². The van der Waals surface area contributed by atoms with Crippen molar-refractivity contribution >= 4 is 19.7 Å². The molecule has 0 aliphatic carbocycles. The van der Waals surface area contributed by atoms with Gasteiger partial charge in [0.25, 0.3) is 5.91 Å². The predicted octanol–water partition coefficient (Wildman–Crippen LogP) is 6.55. The monoisotopic (exact) mass is 550 g/mol. The van der Waals surface area contributed by atoms with Crippen molar-refractivity contribution in [1.82, 2.24) is 4.90 Å². The Labute approximate surface area is 236 Å². The number of amides is 1. The maximum atomic E-state index is 13.5. The van der Waals surface area contributed by atoms with Crippen LogP contribution in [0.1, 0.15) is 61.0 Å². The molecule has 0 bridgehead atoms. The summed E-state index contributed by atoms with van der Waals surface area (Å²) in [7, 11) is -1.51. The van der Waals surface area contributed by atoms with Crippen molar-refractivity contribution in [2.45, 2.75) is 72.1 Å². The number of ether oxygens (including phenoxy) is 3. The molecule has 7 heteroatoms. The van der Waals surface area contributed by atoms with Crippen LogP contribution in [0.2, 0.25) is 19.6 Å². The zero-order valence-electron chi connectivity index (χ0n) is 24.5. The van der Waals surface area contributed by atoms with Crippen LogP contribution in [-0.2, 0) is 17.7 Å². The molecule has 1 amide bonds. The molecule has 39 heavy (non-hydrogen) atoms. The Morgan fingerprint density at radius 3 is 2.23 bits per heavy atom. The molecule has 1 heterocycles. The number of unbranched alkanes of at least 4 members (excludes halogenated alkanes) is 2. The van der Waals surface area contributed by atoms with Gasteiger partial charge >= 0.3 is 0 Å². The number of rotatable bonds is 13. The van der Waals surface area contributed by atoms with E-state index in [4.69, 9.17) is 14.2 Å². The van der Waals surface area contributed by atoms with Gasteiger partial charge in [-0.3, -0.25) is 9.69 Å². The molecule has 212 valence electrons. The van der Waals surface area contributed by atoms with Gasteiger partial charge in [0.2, 0.25) is 0 Å². The van der Waals surface area contributed by atoms with Crippen molar-refractivity contribution in [1.29, 1.82) is 0 Å². The van der Waals surface area contributed by atoms with E-state index < -0.39 is 8.07 Å². The summed E-state index contributed by atoms with van der Waals surface area (Å²) in [5.74, 6) is 4.46. The number of hydrogen-bond acceptors (Lipinski definition) is 5. The summed E-state index contributed by atoms with van der Waals surface area (Å²) in [4.78, 5) is 15.9. The first-order valence-electron chi connectivity index (χ1n) is 14.4.